The fourth-order valence-electron chi connectivity index (χ4n) is 2.21. The minimum absolute atomic E-state index is 0.658. The van der Waals surface area contributed by atoms with Crippen LogP contribution in [0.5, 0.6) is 0 Å². The molecule has 1 N–H and O–H groups in total. The number of hydrogen-bond acceptors (Lipinski definition) is 5. The van der Waals surface area contributed by atoms with Gasteiger partial charge < -0.3 is 10.2 Å². The van der Waals surface area contributed by atoms with E-state index in [9.17, 15) is 4.21 Å². The Morgan fingerprint density at radius 2 is 1.95 bits per heavy atom. The van der Waals surface area contributed by atoms with Gasteiger partial charge in [0.2, 0.25) is 0 Å². The van der Waals surface area contributed by atoms with Crippen LogP contribution >= 0.6 is 0 Å². The van der Waals surface area contributed by atoms with Gasteiger partial charge in [-0.3, -0.25) is 4.21 Å². The number of aromatic nitrogens is 2. The van der Waals surface area contributed by atoms with Gasteiger partial charge in [0.25, 0.3) is 0 Å². The van der Waals surface area contributed by atoms with E-state index >= 15 is 0 Å². The van der Waals surface area contributed by atoms with Gasteiger partial charge in [-0.1, -0.05) is 6.92 Å². The van der Waals surface area contributed by atoms with Crippen molar-refractivity contribution in [1.29, 1.82) is 0 Å². The van der Waals surface area contributed by atoms with Crippen molar-refractivity contribution in [2.75, 3.05) is 41.4 Å². The summed E-state index contributed by atoms with van der Waals surface area (Å²) in [5.74, 6) is 4.27. The van der Waals surface area contributed by atoms with Gasteiger partial charge in [-0.15, -0.1) is 0 Å². The molecule has 0 radical (unpaired) electrons. The van der Waals surface area contributed by atoms with E-state index in [0.717, 1.165) is 60.6 Å². The first-order valence-corrected chi connectivity index (χ1v) is 8.35. The first kappa shape index (κ1) is 14.2. The van der Waals surface area contributed by atoms with Gasteiger partial charge in [0.15, 0.2) is 0 Å². The first-order valence-electron chi connectivity index (χ1n) is 6.87. The summed E-state index contributed by atoms with van der Waals surface area (Å²) in [7, 11) is -0.658. The van der Waals surface area contributed by atoms with Crippen molar-refractivity contribution >= 4 is 22.4 Å². The highest BCUT2D eigenvalue weighted by atomic mass is 32.2. The second-order valence-corrected chi connectivity index (χ2v) is 6.35. The average molecular weight is 282 g/mol. The number of aryl methyl sites for hydroxylation is 1. The molecule has 1 saturated heterocycles. The van der Waals surface area contributed by atoms with Crippen LogP contribution < -0.4 is 10.2 Å². The van der Waals surface area contributed by atoms with Crippen molar-refractivity contribution in [2.45, 2.75) is 27.2 Å². The largest absolute Gasteiger partial charge is 0.370 e. The Morgan fingerprint density at radius 3 is 2.53 bits per heavy atom. The summed E-state index contributed by atoms with van der Waals surface area (Å²) in [6.07, 6.45) is 0.825. The zero-order valence-corrected chi connectivity index (χ0v) is 12.7. The third-order valence-electron chi connectivity index (χ3n) is 3.30. The van der Waals surface area contributed by atoms with Crippen LogP contribution in [-0.4, -0.2) is 45.3 Å². The molecule has 0 amide bonds. The molecule has 1 aliphatic rings. The van der Waals surface area contributed by atoms with Crippen molar-refractivity contribution in [1.82, 2.24) is 9.97 Å². The van der Waals surface area contributed by atoms with Crippen LogP contribution in [0.2, 0.25) is 0 Å². The molecule has 106 valence electrons. The number of nitrogens with one attached hydrogen (secondary N) is 1. The molecular weight excluding hydrogens is 260 g/mol. The standard InChI is InChI=1S/C13H22N4OS/c1-4-11-15-12(14-5-2)10(3)13(16-11)17-6-8-19(18)9-7-17/h4-9H2,1-3H3,(H,14,15,16). The maximum Gasteiger partial charge on any atom is 0.137 e. The van der Waals surface area contributed by atoms with Crippen LogP contribution in [0.15, 0.2) is 0 Å². The second-order valence-electron chi connectivity index (χ2n) is 4.66. The van der Waals surface area contributed by atoms with Gasteiger partial charge in [0, 0.05) is 53.9 Å². The van der Waals surface area contributed by atoms with Crippen LogP contribution in [-0.2, 0) is 17.2 Å². The van der Waals surface area contributed by atoms with Crippen molar-refractivity contribution in [3.63, 3.8) is 0 Å². The Bertz CT molecular complexity index is 468. The zero-order valence-electron chi connectivity index (χ0n) is 11.9. The van der Waals surface area contributed by atoms with Crippen molar-refractivity contribution in [3.8, 4) is 0 Å². The van der Waals surface area contributed by atoms with Gasteiger partial charge in [0.05, 0.1) is 0 Å². The van der Waals surface area contributed by atoms with E-state index in [1.807, 2.05) is 0 Å². The summed E-state index contributed by atoms with van der Waals surface area (Å²) in [6, 6.07) is 0. The molecule has 0 unspecified atom stereocenters. The number of hydrogen-bond donors (Lipinski definition) is 1. The Hall–Kier alpha value is -1.17. The molecule has 19 heavy (non-hydrogen) atoms. The summed E-state index contributed by atoms with van der Waals surface area (Å²) < 4.78 is 11.5. The monoisotopic (exact) mass is 282 g/mol. The maximum atomic E-state index is 11.5. The van der Waals surface area contributed by atoms with Crippen molar-refractivity contribution in [2.24, 2.45) is 0 Å². The lowest BCUT2D eigenvalue weighted by atomic mass is 10.2. The van der Waals surface area contributed by atoms with Crippen molar-refractivity contribution in [3.05, 3.63) is 11.4 Å². The Morgan fingerprint density at radius 1 is 1.26 bits per heavy atom. The van der Waals surface area contributed by atoms with E-state index in [1.54, 1.807) is 0 Å². The highest BCUT2D eigenvalue weighted by Crippen LogP contribution is 2.24. The summed E-state index contributed by atoms with van der Waals surface area (Å²) in [5, 5.41) is 3.30. The lowest BCUT2D eigenvalue weighted by Gasteiger charge is -2.29. The predicted octanol–water partition coefficient (Wildman–Crippen LogP) is 1.35. The molecule has 0 saturated carbocycles. The van der Waals surface area contributed by atoms with Crippen LogP contribution in [0, 0.1) is 6.92 Å². The van der Waals surface area contributed by atoms with E-state index in [0.29, 0.717) is 0 Å². The normalized spacial score (nSPS) is 16.7. The third-order valence-corrected chi connectivity index (χ3v) is 4.58. The van der Waals surface area contributed by atoms with Crippen LogP contribution in [0.4, 0.5) is 11.6 Å². The Kier molecular flexibility index (Phi) is 4.74. The molecular formula is C13H22N4OS. The molecule has 0 spiro atoms. The molecule has 5 nitrogen and oxygen atoms in total. The smallest absolute Gasteiger partial charge is 0.137 e. The lowest BCUT2D eigenvalue weighted by Crippen LogP contribution is -2.39. The molecule has 6 heteroatoms. The summed E-state index contributed by atoms with van der Waals surface area (Å²) >= 11 is 0. The van der Waals surface area contributed by atoms with E-state index in [2.05, 4.69) is 41.0 Å². The average Bonchev–Trinajstić information content (AvgIpc) is 2.42. The quantitative estimate of drug-likeness (QED) is 0.903. The summed E-state index contributed by atoms with van der Waals surface area (Å²) in [5.41, 5.74) is 1.09. The van der Waals surface area contributed by atoms with E-state index in [4.69, 9.17) is 0 Å². The van der Waals surface area contributed by atoms with Gasteiger partial charge in [-0.2, -0.15) is 0 Å². The van der Waals surface area contributed by atoms with Gasteiger partial charge in [-0.25, -0.2) is 9.97 Å². The molecule has 1 aliphatic heterocycles. The fraction of sp³-hybridized carbons (Fsp3) is 0.692. The van der Waals surface area contributed by atoms with E-state index < -0.39 is 10.8 Å². The molecule has 0 atom stereocenters. The van der Waals surface area contributed by atoms with E-state index in [-0.39, 0.29) is 0 Å². The number of nitrogens with zero attached hydrogens (tertiary/aromatic N) is 3. The maximum absolute atomic E-state index is 11.5. The molecule has 0 aromatic carbocycles. The Labute approximate surface area is 117 Å². The Balaban J connectivity index is 2.32. The predicted molar refractivity (Wildman–Crippen MR) is 80.4 cm³/mol. The molecule has 2 rings (SSSR count). The van der Waals surface area contributed by atoms with Crippen molar-refractivity contribution < 1.29 is 4.21 Å². The molecule has 0 bridgehead atoms. The summed E-state index contributed by atoms with van der Waals surface area (Å²) in [6.45, 7) is 8.67. The number of anilines is 2. The number of rotatable bonds is 4. The fourth-order valence-corrected chi connectivity index (χ4v) is 3.26. The minimum atomic E-state index is -0.658. The van der Waals surface area contributed by atoms with Gasteiger partial charge in [-0.05, 0) is 13.8 Å². The SMILES string of the molecule is CCNc1nc(CC)nc(N2CCS(=O)CC2)c1C. The molecule has 1 aromatic rings. The highest BCUT2D eigenvalue weighted by molar-refractivity contribution is 7.85. The summed E-state index contributed by atoms with van der Waals surface area (Å²) in [4.78, 5) is 11.4. The molecule has 1 fully saturated rings. The zero-order chi connectivity index (χ0) is 13.8. The molecule has 1 aromatic heterocycles. The second kappa shape index (κ2) is 6.32. The van der Waals surface area contributed by atoms with Gasteiger partial charge >= 0.3 is 0 Å². The third kappa shape index (κ3) is 3.23. The first-order chi connectivity index (χ1) is 9.15. The van der Waals surface area contributed by atoms with Crippen LogP contribution in [0.25, 0.3) is 0 Å². The van der Waals surface area contributed by atoms with Crippen LogP contribution in [0.3, 0.4) is 0 Å². The van der Waals surface area contributed by atoms with E-state index in [1.165, 1.54) is 0 Å². The van der Waals surface area contributed by atoms with Gasteiger partial charge in [0.1, 0.15) is 17.5 Å². The lowest BCUT2D eigenvalue weighted by molar-refractivity contribution is 0.671. The molecule has 0 aliphatic carbocycles. The molecule has 2 heterocycles. The minimum Gasteiger partial charge on any atom is -0.370 e. The highest BCUT2D eigenvalue weighted by Gasteiger charge is 2.20. The van der Waals surface area contributed by atoms with Crippen LogP contribution in [0.1, 0.15) is 25.2 Å². The topological polar surface area (TPSA) is 58.1 Å².